The lowest BCUT2D eigenvalue weighted by Crippen LogP contribution is -2.31. The largest absolute Gasteiger partial charge is 0.503 e. The number of thiazole rings is 1. The molecular formula is C27H23N3O5S. The Hall–Kier alpha value is -4.24. The molecule has 1 aliphatic rings. The van der Waals surface area contributed by atoms with Crippen LogP contribution in [0.15, 0.2) is 70.3 Å². The molecule has 1 amide bonds. The number of amides is 1. The van der Waals surface area contributed by atoms with Crippen molar-refractivity contribution in [3.8, 4) is 0 Å². The highest BCUT2D eigenvalue weighted by Gasteiger charge is 2.46. The Balaban J connectivity index is 1.66. The minimum absolute atomic E-state index is 0.0158. The number of para-hydroxylation sites is 1. The molecule has 4 aromatic rings. The van der Waals surface area contributed by atoms with E-state index < -0.39 is 23.5 Å². The Bertz CT molecular complexity index is 1530. The molecule has 0 saturated heterocycles. The van der Waals surface area contributed by atoms with Crippen LogP contribution in [-0.2, 0) is 4.79 Å². The number of furan rings is 1. The number of aliphatic hydroxyl groups excluding tert-OH is 1. The number of ketones is 2. The molecule has 2 aromatic heterocycles. The zero-order valence-electron chi connectivity index (χ0n) is 20.1. The second-order valence-corrected chi connectivity index (χ2v) is 9.75. The van der Waals surface area contributed by atoms with Gasteiger partial charge in [0.2, 0.25) is 5.78 Å². The average molecular weight is 502 g/mol. The van der Waals surface area contributed by atoms with Gasteiger partial charge in [0.15, 0.2) is 22.4 Å². The van der Waals surface area contributed by atoms with Crippen LogP contribution in [0.4, 0.5) is 10.8 Å². The van der Waals surface area contributed by atoms with Gasteiger partial charge in [0.1, 0.15) is 5.58 Å². The standard InChI is InChI=1S/C27H23N3O5S/c1-14-25(15(2)31)36-27(28-14)30-22(16-9-11-18(12-10-16)29(3)4)21(24(33)26(30)34)23(32)20-13-17-7-5-6-8-19(17)35-20/h5-13,22,33H,1-4H3/t22-/m1/s1. The molecule has 0 aliphatic carbocycles. The van der Waals surface area contributed by atoms with E-state index in [4.69, 9.17) is 4.42 Å². The first kappa shape index (κ1) is 23.5. The molecule has 0 spiro atoms. The fourth-order valence-corrected chi connectivity index (χ4v) is 5.33. The van der Waals surface area contributed by atoms with Gasteiger partial charge in [0.05, 0.1) is 22.2 Å². The molecule has 0 fully saturated rings. The van der Waals surface area contributed by atoms with Crippen LogP contribution in [0.2, 0.25) is 0 Å². The number of nitrogens with zero attached hydrogens (tertiary/aromatic N) is 3. The van der Waals surface area contributed by atoms with Crippen molar-refractivity contribution in [1.82, 2.24) is 4.98 Å². The lowest BCUT2D eigenvalue weighted by molar-refractivity contribution is -0.117. The molecule has 1 aliphatic heterocycles. The smallest absolute Gasteiger partial charge is 0.296 e. The lowest BCUT2D eigenvalue weighted by atomic mass is 9.95. The Labute approximate surface area is 211 Å². The number of aromatic nitrogens is 1. The average Bonchev–Trinajstić information content (AvgIpc) is 3.53. The van der Waals surface area contributed by atoms with Crippen LogP contribution < -0.4 is 9.80 Å². The maximum atomic E-state index is 13.7. The molecule has 8 nitrogen and oxygen atoms in total. The summed E-state index contributed by atoms with van der Waals surface area (Å²) in [6.45, 7) is 3.12. The van der Waals surface area contributed by atoms with Crippen LogP contribution in [0.5, 0.6) is 0 Å². The summed E-state index contributed by atoms with van der Waals surface area (Å²) in [5.74, 6) is -2.19. The van der Waals surface area contributed by atoms with E-state index >= 15 is 0 Å². The molecule has 1 atom stereocenters. The molecule has 182 valence electrons. The third-order valence-electron chi connectivity index (χ3n) is 6.14. The summed E-state index contributed by atoms with van der Waals surface area (Å²) in [4.78, 5) is 47.2. The monoisotopic (exact) mass is 501 g/mol. The van der Waals surface area contributed by atoms with E-state index in [1.807, 2.05) is 43.3 Å². The third kappa shape index (κ3) is 3.77. The summed E-state index contributed by atoms with van der Waals surface area (Å²) in [6.07, 6.45) is 0. The van der Waals surface area contributed by atoms with Crippen molar-refractivity contribution in [2.24, 2.45) is 0 Å². The Morgan fingerprint density at radius 2 is 1.81 bits per heavy atom. The molecule has 5 rings (SSSR count). The minimum atomic E-state index is -0.959. The van der Waals surface area contributed by atoms with E-state index in [2.05, 4.69) is 4.98 Å². The Kier molecular flexibility index (Phi) is 5.72. The van der Waals surface area contributed by atoms with E-state index in [1.165, 1.54) is 11.8 Å². The predicted molar refractivity (Wildman–Crippen MR) is 138 cm³/mol. The van der Waals surface area contributed by atoms with Gasteiger partial charge < -0.3 is 14.4 Å². The Morgan fingerprint density at radius 1 is 1.11 bits per heavy atom. The quantitative estimate of drug-likeness (QED) is 0.360. The summed E-state index contributed by atoms with van der Waals surface area (Å²) in [5, 5.41) is 11.9. The van der Waals surface area contributed by atoms with E-state index in [-0.39, 0.29) is 22.2 Å². The molecule has 36 heavy (non-hydrogen) atoms. The predicted octanol–water partition coefficient (Wildman–Crippen LogP) is 5.25. The van der Waals surface area contributed by atoms with Gasteiger partial charge in [-0.25, -0.2) is 4.98 Å². The summed E-state index contributed by atoms with van der Waals surface area (Å²) in [7, 11) is 3.81. The van der Waals surface area contributed by atoms with Gasteiger partial charge >= 0.3 is 0 Å². The van der Waals surface area contributed by atoms with Crippen molar-refractivity contribution >= 4 is 50.6 Å². The van der Waals surface area contributed by atoms with Gasteiger partial charge in [-0.2, -0.15) is 0 Å². The summed E-state index contributed by atoms with van der Waals surface area (Å²) >= 11 is 1.05. The van der Waals surface area contributed by atoms with Gasteiger partial charge in [-0.05, 0) is 36.8 Å². The number of carbonyl (C=O) groups excluding carboxylic acids is 3. The maximum absolute atomic E-state index is 13.7. The van der Waals surface area contributed by atoms with E-state index in [0.29, 0.717) is 21.7 Å². The second kappa shape index (κ2) is 8.76. The van der Waals surface area contributed by atoms with Gasteiger partial charge in [-0.15, -0.1) is 0 Å². The molecule has 3 heterocycles. The van der Waals surface area contributed by atoms with Crippen LogP contribution in [0, 0.1) is 6.92 Å². The normalized spacial score (nSPS) is 15.7. The first-order valence-corrected chi connectivity index (χ1v) is 12.0. The first-order chi connectivity index (χ1) is 17.2. The molecule has 2 aromatic carbocycles. The zero-order chi connectivity index (χ0) is 25.7. The number of aryl methyl sites for hydroxylation is 1. The summed E-state index contributed by atoms with van der Waals surface area (Å²) in [6, 6.07) is 15.2. The minimum Gasteiger partial charge on any atom is -0.503 e. The number of carbonyl (C=O) groups is 3. The Morgan fingerprint density at radius 3 is 2.42 bits per heavy atom. The number of hydrogen-bond acceptors (Lipinski definition) is 8. The summed E-state index contributed by atoms with van der Waals surface area (Å²) < 4.78 is 5.77. The summed E-state index contributed by atoms with van der Waals surface area (Å²) in [5.41, 5.74) is 2.43. The van der Waals surface area contributed by atoms with Crippen LogP contribution in [0.3, 0.4) is 0 Å². The highest BCUT2D eigenvalue weighted by Crippen LogP contribution is 2.44. The van der Waals surface area contributed by atoms with Gasteiger partial charge in [0, 0.05) is 32.1 Å². The highest BCUT2D eigenvalue weighted by atomic mass is 32.1. The van der Waals surface area contributed by atoms with Crippen molar-refractivity contribution in [3.05, 3.63) is 87.8 Å². The van der Waals surface area contributed by atoms with Gasteiger partial charge in [-0.1, -0.05) is 41.7 Å². The van der Waals surface area contributed by atoms with Crippen molar-refractivity contribution in [2.45, 2.75) is 19.9 Å². The van der Waals surface area contributed by atoms with Gasteiger partial charge in [0.25, 0.3) is 5.91 Å². The van der Waals surface area contributed by atoms with E-state index in [1.54, 1.807) is 37.3 Å². The molecular weight excluding hydrogens is 478 g/mol. The fraction of sp³-hybridized carbons (Fsp3) is 0.185. The molecule has 0 bridgehead atoms. The van der Waals surface area contributed by atoms with Crippen LogP contribution in [0.1, 0.15) is 44.4 Å². The van der Waals surface area contributed by atoms with E-state index in [9.17, 15) is 19.5 Å². The first-order valence-electron chi connectivity index (χ1n) is 11.2. The van der Waals surface area contributed by atoms with Crippen molar-refractivity contribution < 1.29 is 23.9 Å². The number of aliphatic hydroxyl groups is 1. The number of Topliss-reactive ketones (excluding diaryl/α,β-unsaturated/α-hetero) is 2. The zero-order valence-corrected chi connectivity index (χ0v) is 20.9. The van der Waals surface area contributed by atoms with Crippen molar-refractivity contribution in [2.75, 3.05) is 23.9 Å². The van der Waals surface area contributed by atoms with Crippen LogP contribution >= 0.6 is 11.3 Å². The maximum Gasteiger partial charge on any atom is 0.296 e. The fourth-order valence-electron chi connectivity index (χ4n) is 4.34. The van der Waals surface area contributed by atoms with Crippen LogP contribution in [0.25, 0.3) is 11.0 Å². The topological polar surface area (TPSA) is 104 Å². The lowest BCUT2D eigenvalue weighted by Gasteiger charge is -2.25. The van der Waals surface area contributed by atoms with Crippen molar-refractivity contribution in [3.63, 3.8) is 0 Å². The van der Waals surface area contributed by atoms with Crippen LogP contribution in [-0.4, -0.2) is 41.7 Å². The molecule has 0 unspecified atom stereocenters. The van der Waals surface area contributed by atoms with E-state index in [0.717, 1.165) is 22.4 Å². The second-order valence-electron chi connectivity index (χ2n) is 8.77. The molecule has 1 N–H and O–H groups in total. The SMILES string of the molecule is CC(=O)c1sc(N2C(=O)C(O)=C(C(=O)c3cc4ccccc4o3)[C@H]2c2ccc(N(C)C)cc2)nc1C. The number of benzene rings is 2. The molecule has 0 saturated carbocycles. The molecule has 9 heteroatoms. The highest BCUT2D eigenvalue weighted by molar-refractivity contribution is 7.17. The van der Waals surface area contributed by atoms with Crippen molar-refractivity contribution in [1.29, 1.82) is 0 Å². The number of hydrogen-bond donors (Lipinski definition) is 1. The third-order valence-corrected chi connectivity index (χ3v) is 7.40. The number of fused-ring (bicyclic) bond motifs is 1. The molecule has 0 radical (unpaired) electrons. The number of anilines is 2. The number of rotatable bonds is 6. The van der Waals surface area contributed by atoms with Gasteiger partial charge in [-0.3, -0.25) is 19.3 Å².